The molecule has 13 nitrogen and oxygen atoms in total. The molecule has 1 saturated heterocycles. The van der Waals surface area contributed by atoms with Crippen LogP contribution in [0.5, 0.6) is 0 Å². The Bertz CT molecular complexity index is 1680. The summed E-state index contributed by atoms with van der Waals surface area (Å²) in [7, 11) is 1.09. The normalized spacial score (nSPS) is 21.2. The molecular weight excluding hydrogens is 610 g/mol. The lowest BCUT2D eigenvalue weighted by atomic mass is 9.74. The third kappa shape index (κ3) is 6.39. The Morgan fingerprint density at radius 3 is 2.36 bits per heavy atom. The van der Waals surface area contributed by atoms with Gasteiger partial charge in [0.2, 0.25) is 5.60 Å². The third-order valence-electron chi connectivity index (χ3n) is 8.45. The van der Waals surface area contributed by atoms with Crippen LogP contribution in [0.25, 0.3) is 0 Å². The van der Waals surface area contributed by atoms with Crippen LogP contribution in [0.1, 0.15) is 56.7 Å². The summed E-state index contributed by atoms with van der Waals surface area (Å²) in [5.74, 6) is -4.13. The zero-order valence-corrected chi connectivity index (χ0v) is 26.3. The highest BCUT2D eigenvalue weighted by Gasteiger charge is 2.58. The van der Waals surface area contributed by atoms with Gasteiger partial charge in [-0.05, 0) is 58.2 Å². The Balaban J connectivity index is 1.82. The van der Waals surface area contributed by atoms with Crippen molar-refractivity contribution in [3.8, 4) is 0 Å². The largest absolute Gasteiger partial charge is 0.465 e. The van der Waals surface area contributed by atoms with E-state index in [0.29, 0.717) is 6.42 Å². The van der Waals surface area contributed by atoms with Crippen molar-refractivity contribution in [2.24, 2.45) is 0 Å². The molecule has 4 aliphatic heterocycles. The zero-order chi connectivity index (χ0) is 33.7. The number of fused-ring (bicyclic) bond motifs is 4. The van der Waals surface area contributed by atoms with Gasteiger partial charge in [-0.25, -0.2) is 19.2 Å². The quantitative estimate of drug-likeness (QED) is 0.154. The molecule has 246 valence electrons. The number of nitrogens with zero attached hydrogens (tertiary/aromatic N) is 3. The molecule has 4 aliphatic rings. The van der Waals surface area contributed by atoms with Crippen molar-refractivity contribution < 1.29 is 43.1 Å². The molecular formula is C34H35N3O10. The molecule has 47 heavy (non-hydrogen) atoms. The van der Waals surface area contributed by atoms with Crippen LogP contribution in [0.2, 0.25) is 0 Å². The summed E-state index contributed by atoms with van der Waals surface area (Å²) >= 11 is 0. The fourth-order valence-electron chi connectivity index (χ4n) is 6.49. The van der Waals surface area contributed by atoms with E-state index in [9.17, 15) is 29.3 Å². The Morgan fingerprint density at radius 1 is 1.00 bits per heavy atom. The van der Waals surface area contributed by atoms with Crippen LogP contribution >= 0.6 is 0 Å². The van der Waals surface area contributed by atoms with Gasteiger partial charge in [-0.1, -0.05) is 42.5 Å². The van der Waals surface area contributed by atoms with Gasteiger partial charge >= 0.3 is 23.9 Å². The summed E-state index contributed by atoms with van der Waals surface area (Å²) in [6.45, 7) is 4.63. The minimum atomic E-state index is -2.40. The average molecular weight is 646 g/mol. The summed E-state index contributed by atoms with van der Waals surface area (Å²) in [5, 5.41) is 13.0. The van der Waals surface area contributed by atoms with Crippen molar-refractivity contribution in [3.63, 3.8) is 0 Å². The standard InChI is InChI=1S/C34H35N3O10/c1-4-45-33(41)31-27(16-15-26(35-19-8-9-20-35)23-11-6-5-7-12-23)36-22(2)30(32(40)44-3)34(31,46-28(38)17-18-29(39)47-36)24-13-10-14-25(21-24)37(42)43/h5-7,10-14,17-18,21,26H,4,8-9,15-16,19-20H2,1-3H3/b18-17+. The maximum atomic E-state index is 14.2. The Morgan fingerprint density at radius 2 is 1.70 bits per heavy atom. The van der Waals surface area contributed by atoms with Crippen LogP contribution < -0.4 is 0 Å². The monoisotopic (exact) mass is 645 g/mol. The van der Waals surface area contributed by atoms with Crippen molar-refractivity contribution in [1.29, 1.82) is 0 Å². The number of ether oxygens (including phenoxy) is 3. The van der Waals surface area contributed by atoms with Crippen molar-refractivity contribution in [3.05, 3.63) is 111 Å². The first kappa shape index (κ1) is 33.1. The number of hydroxylamine groups is 2. The topological polar surface area (TPSA) is 155 Å². The maximum absolute atomic E-state index is 14.2. The number of carbonyl (C=O) groups excluding carboxylic acids is 4. The summed E-state index contributed by atoms with van der Waals surface area (Å²) in [6.07, 6.45) is 4.16. The van der Waals surface area contributed by atoms with Crippen molar-refractivity contribution in [1.82, 2.24) is 9.96 Å². The molecule has 13 heteroatoms. The number of benzene rings is 2. The highest BCUT2D eigenvalue weighted by Crippen LogP contribution is 2.51. The van der Waals surface area contributed by atoms with Crippen molar-refractivity contribution >= 4 is 29.6 Å². The SMILES string of the molecule is CCOC(=O)C1=C(CCC(c2ccccc2)N2CCCC2)N2OC(=O)/C=C/C(=O)OC1(c1cccc([N+](=O)[O-])c1)C(C(=O)OC)=C2C. The van der Waals surface area contributed by atoms with Crippen molar-refractivity contribution in [2.45, 2.75) is 51.2 Å². The molecule has 2 aromatic carbocycles. The van der Waals surface area contributed by atoms with Gasteiger partial charge in [-0.3, -0.25) is 15.0 Å². The van der Waals surface area contributed by atoms with Gasteiger partial charge in [0.25, 0.3) is 5.69 Å². The number of carbonyl (C=O) groups is 4. The molecule has 0 aromatic heterocycles. The number of methoxy groups -OCH3 is 1. The second-order valence-corrected chi connectivity index (χ2v) is 11.2. The zero-order valence-electron chi connectivity index (χ0n) is 26.3. The van der Waals surface area contributed by atoms with E-state index in [0.717, 1.165) is 61.9 Å². The lowest BCUT2D eigenvalue weighted by Gasteiger charge is -2.44. The van der Waals surface area contributed by atoms with Crippen LogP contribution in [0.4, 0.5) is 5.69 Å². The van der Waals surface area contributed by atoms with Gasteiger partial charge < -0.3 is 19.0 Å². The van der Waals surface area contributed by atoms with Gasteiger partial charge in [0.15, 0.2) is 0 Å². The lowest BCUT2D eigenvalue weighted by Crippen LogP contribution is -2.50. The van der Waals surface area contributed by atoms with Crippen LogP contribution in [-0.2, 0) is 43.8 Å². The second-order valence-electron chi connectivity index (χ2n) is 11.2. The first-order valence-electron chi connectivity index (χ1n) is 15.3. The molecule has 0 spiro atoms. The van der Waals surface area contributed by atoms with Crippen molar-refractivity contribution in [2.75, 3.05) is 26.8 Å². The van der Waals surface area contributed by atoms with E-state index in [-0.39, 0.29) is 47.3 Å². The van der Waals surface area contributed by atoms with E-state index in [1.807, 2.05) is 30.3 Å². The van der Waals surface area contributed by atoms with Gasteiger partial charge in [-0.2, -0.15) is 5.06 Å². The predicted octanol–water partition coefficient (Wildman–Crippen LogP) is 4.56. The highest BCUT2D eigenvalue weighted by atomic mass is 16.7. The molecule has 2 bridgehead atoms. The molecule has 0 amide bonds. The molecule has 2 unspecified atom stereocenters. The number of hydrogen-bond acceptors (Lipinski definition) is 12. The van der Waals surface area contributed by atoms with Gasteiger partial charge in [0, 0.05) is 35.9 Å². The molecule has 1 fully saturated rings. The van der Waals surface area contributed by atoms with E-state index in [2.05, 4.69) is 4.90 Å². The molecule has 6 rings (SSSR count). The van der Waals surface area contributed by atoms with Gasteiger partial charge in [0.1, 0.15) is 11.1 Å². The number of nitro benzene ring substituents is 1. The fourth-order valence-corrected chi connectivity index (χ4v) is 6.49. The summed E-state index contributed by atoms with van der Waals surface area (Å²) in [5.41, 5.74) is -2.54. The second kappa shape index (κ2) is 14.0. The van der Waals surface area contributed by atoms with Gasteiger partial charge in [-0.15, -0.1) is 0 Å². The molecule has 4 heterocycles. The number of rotatable bonds is 10. The van der Waals surface area contributed by atoms with E-state index < -0.39 is 40.0 Å². The molecule has 0 N–H and O–H groups in total. The molecule has 2 atom stereocenters. The average Bonchev–Trinajstić information content (AvgIpc) is 3.60. The van der Waals surface area contributed by atoms with E-state index in [1.165, 1.54) is 25.1 Å². The van der Waals surface area contributed by atoms with Gasteiger partial charge in [0.05, 0.1) is 30.0 Å². The smallest absolute Gasteiger partial charge is 0.356 e. The van der Waals surface area contributed by atoms with Crippen LogP contribution in [0.15, 0.2) is 89.3 Å². The number of esters is 3. The first-order valence-corrected chi connectivity index (χ1v) is 15.3. The van der Waals surface area contributed by atoms with E-state index in [1.54, 1.807) is 6.92 Å². The van der Waals surface area contributed by atoms with Crippen LogP contribution in [0, 0.1) is 10.1 Å². The highest BCUT2D eigenvalue weighted by molar-refractivity contribution is 6.03. The number of likely N-dealkylation sites (tertiary alicyclic amines) is 1. The number of allylic oxidation sites excluding steroid dienone is 2. The summed E-state index contributed by atoms with van der Waals surface area (Å²) in [6, 6.07) is 14.8. The Hall–Kier alpha value is -5.30. The minimum absolute atomic E-state index is 0.0275. The van der Waals surface area contributed by atoms with Crippen LogP contribution in [-0.4, -0.2) is 65.6 Å². The first-order chi connectivity index (χ1) is 22.6. The molecule has 0 radical (unpaired) electrons. The predicted molar refractivity (Wildman–Crippen MR) is 166 cm³/mol. The van der Waals surface area contributed by atoms with E-state index >= 15 is 0 Å². The molecule has 0 aliphatic carbocycles. The number of nitro groups is 1. The summed E-state index contributed by atoms with van der Waals surface area (Å²) < 4.78 is 16.7. The fraction of sp³-hybridized carbons (Fsp3) is 0.353. The minimum Gasteiger partial charge on any atom is -0.465 e. The Labute approximate surface area is 271 Å². The Kier molecular flexibility index (Phi) is 9.85. The maximum Gasteiger partial charge on any atom is 0.356 e. The lowest BCUT2D eigenvalue weighted by molar-refractivity contribution is -0.385. The molecule has 2 aromatic rings. The summed E-state index contributed by atoms with van der Waals surface area (Å²) in [4.78, 5) is 73.7. The van der Waals surface area contributed by atoms with E-state index in [4.69, 9.17) is 19.0 Å². The number of hydrogen-bond donors (Lipinski definition) is 0. The number of non-ortho nitro benzene ring substituents is 1. The third-order valence-corrected chi connectivity index (χ3v) is 8.45. The van der Waals surface area contributed by atoms with Crippen LogP contribution in [0.3, 0.4) is 0 Å². The molecule has 0 saturated carbocycles.